The predicted octanol–water partition coefficient (Wildman–Crippen LogP) is 4.16. The van der Waals surface area contributed by atoms with Gasteiger partial charge < -0.3 is 10.1 Å². The van der Waals surface area contributed by atoms with Gasteiger partial charge in [-0.2, -0.15) is 0 Å². The number of benzene rings is 1. The van der Waals surface area contributed by atoms with Crippen LogP contribution in [0.2, 0.25) is 0 Å². The summed E-state index contributed by atoms with van der Waals surface area (Å²) in [6, 6.07) is 15.0. The average molecular weight is 352 g/mol. The zero-order chi connectivity index (χ0) is 17.8. The molecule has 126 valence electrons. The van der Waals surface area contributed by atoms with Crippen LogP contribution in [0, 0.1) is 6.92 Å². The molecule has 2 heterocycles. The van der Waals surface area contributed by atoms with Gasteiger partial charge in [0.25, 0.3) is 5.91 Å². The first kappa shape index (κ1) is 16.9. The van der Waals surface area contributed by atoms with Crippen molar-refractivity contribution in [2.75, 3.05) is 12.4 Å². The number of carbonyl (C=O) groups is 2. The van der Waals surface area contributed by atoms with Gasteiger partial charge in [-0.15, -0.1) is 11.3 Å². The molecule has 3 aromatic rings. The molecule has 1 amide bonds. The first-order valence-electron chi connectivity index (χ1n) is 7.60. The van der Waals surface area contributed by atoms with Gasteiger partial charge in [0.2, 0.25) is 0 Å². The molecule has 0 saturated carbocycles. The molecule has 1 aromatic carbocycles. The van der Waals surface area contributed by atoms with Gasteiger partial charge >= 0.3 is 5.97 Å². The van der Waals surface area contributed by atoms with Crippen LogP contribution < -0.4 is 5.32 Å². The molecule has 0 aliphatic heterocycles. The summed E-state index contributed by atoms with van der Waals surface area (Å²) in [4.78, 5) is 29.1. The number of methoxy groups -OCH3 is 1. The molecule has 0 saturated heterocycles. The molecular weight excluding hydrogens is 336 g/mol. The minimum atomic E-state index is -0.473. The quantitative estimate of drug-likeness (QED) is 0.716. The first-order valence-corrected chi connectivity index (χ1v) is 8.48. The van der Waals surface area contributed by atoms with E-state index in [0.717, 1.165) is 11.3 Å². The highest BCUT2D eigenvalue weighted by atomic mass is 32.1. The fraction of sp³-hybridized carbons (Fsp3) is 0.105. The highest BCUT2D eigenvalue weighted by molar-refractivity contribution is 7.12. The zero-order valence-corrected chi connectivity index (χ0v) is 14.6. The first-order chi connectivity index (χ1) is 12.1. The zero-order valence-electron chi connectivity index (χ0n) is 13.8. The lowest BCUT2D eigenvalue weighted by molar-refractivity contribution is 0.0607. The van der Waals surface area contributed by atoms with Crippen molar-refractivity contribution >= 4 is 28.9 Å². The maximum absolute atomic E-state index is 12.5. The number of pyridine rings is 1. The third-order valence-electron chi connectivity index (χ3n) is 3.68. The standard InChI is InChI=1S/C19H16N2O3S/c1-12-14(8-9-15(20-12)13-6-4-3-5-7-13)18(22)21-16-10-11-25-17(16)19(23)24-2/h3-11H,1-2H3,(H,21,22). The third-order valence-corrected chi connectivity index (χ3v) is 4.58. The molecule has 0 fully saturated rings. The number of anilines is 1. The number of aromatic nitrogens is 1. The van der Waals surface area contributed by atoms with Crippen molar-refractivity contribution in [2.45, 2.75) is 6.92 Å². The summed E-state index contributed by atoms with van der Waals surface area (Å²) >= 11 is 1.22. The van der Waals surface area contributed by atoms with Crippen molar-refractivity contribution in [1.82, 2.24) is 4.98 Å². The topological polar surface area (TPSA) is 68.3 Å². The van der Waals surface area contributed by atoms with Gasteiger partial charge in [-0.05, 0) is 30.5 Å². The number of nitrogens with one attached hydrogen (secondary N) is 1. The van der Waals surface area contributed by atoms with E-state index < -0.39 is 5.97 Å². The van der Waals surface area contributed by atoms with Crippen molar-refractivity contribution in [2.24, 2.45) is 0 Å². The van der Waals surface area contributed by atoms with Crippen molar-refractivity contribution in [3.8, 4) is 11.3 Å². The Morgan fingerprint density at radius 2 is 1.84 bits per heavy atom. The highest BCUT2D eigenvalue weighted by Crippen LogP contribution is 2.24. The molecule has 6 heteroatoms. The third kappa shape index (κ3) is 3.59. The van der Waals surface area contributed by atoms with E-state index in [4.69, 9.17) is 4.74 Å². The number of nitrogens with zero attached hydrogens (tertiary/aromatic N) is 1. The van der Waals surface area contributed by atoms with Crippen molar-refractivity contribution in [3.63, 3.8) is 0 Å². The molecule has 1 N–H and O–H groups in total. The summed E-state index contributed by atoms with van der Waals surface area (Å²) in [6.45, 7) is 1.79. The monoisotopic (exact) mass is 352 g/mol. The normalized spacial score (nSPS) is 10.3. The molecule has 5 nitrogen and oxygen atoms in total. The summed E-state index contributed by atoms with van der Waals surface area (Å²) in [5, 5.41) is 4.48. The maximum atomic E-state index is 12.5. The second-order valence-corrected chi connectivity index (χ2v) is 6.22. The summed E-state index contributed by atoms with van der Waals surface area (Å²) in [5.74, 6) is -0.785. The number of aryl methyl sites for hydroxylation is 1. The summed E-state index contributed by atoms with van der Waals surface area (Å²) in [5.41, 5.74) is 3.31. The van der Waals surface area contributed by atoms with Gasteiger partial charge in [0, 0.05) is 5.56 Å². The largest absolute Gasteiger partial charge is 0.465 e. The molecule has 0 atom stereocenters. The molecule has 0 aliphatic rings. The summed E-state index contributed by atoms with van der Waals surface area (Å²) < 4.78 is 4.72. The molecule has 0 bridgehead atoms. The van der Waals surface area contributed by atoms with E-state index in [1.807, 2.05) is 36.4 Å². The second-order valence-electron chi connectivity index (χ2n) is 5.30. The average Bonchev–Trinajstić information content (AvgIpc) is 3.09. The number of amides is 1. The number of esters is 1. The highest BCUT2D eigenvalue weighted by Gasteiger charge is 2.18. The van der Waals surface area contributed by atoms with Gasteiger partial charge in [-0.1, -0.05) is 30.3 Å². The molecule has 0 unspecified atom stereocenters. The maximum Gasteiger partial charge on any atom is 0.350 e. The summed E-state index contributed by atoms with van der Waals surface area (Å²) in [6.07, 6.45) is 0. The Labute approximate surface area is 149 Å². The molecule has 0 aliphatic carbocycles. The predicted molar refractivity (Wildman–Crippen MR) is 98.0 cm³/mol. The minimum Gasteiger partial charge on any atom is -0.465 e. The van der Waals surface area contributed by atoms with Crippen molar-refractivity contribution < 1.29 is 14.3 Å². The lowest BCUT2D eigenvalue weighted by atomic mass is 10.1. The second kappa shape index (κ2) is 7.27. The van der Waals surface area contributed by atoms with Crippen LogP contribution in [0.5, 0.6) is 0 Å². The van der Waals surface area contributed by atoms with Gasteiger partial charge in [0.15, 0.2) is 0 Å². The van der Waals surface area contributed by atoms with E-state index in [-0.39, 0.29) is 5.91 Å². The Morgan fingerprint density at radius 3 is 2.52 bits per heavy atom. The molecule has 25 heavy (non-hydrogen) atoms. The number of hydrogen-bond donors (Lipinski definition) is 1. The van der Waals surface area contributed by atoms with E-state index in [9.17, 15) is 9.59 Å². The van der Waals surface area contributed by atoms with Gasteiger partial charge in [0.05, 0.1) is 29.7 Å². The van der Waals surface area contributed by atoms with Crippen LogP contribution in [-0.2, 0) is 4.74 Å². The fourth-order valence-electron chi connectivity index (χ4n) is 2.42. The number of thiophene rings is 1. The number of hydrogen-bond acceptors (Lipinski definition) is 5. The Hall–Kier alpha value is -2.99. The lowest BCUT2D eigenvalue weighted by Gasteiger charge is -2.09. The van der Waals surface area contributed by atoms with Crippen LogP contribution in [0.25, 0.3) is 11.3 Å². The van der Waals surface area contributed by atoms with E-state index in [1.54, 1.807) is 24.4 Å². The van der Waals surface area contributed by atoms with Crippen molar-refractivity contribution in [3.05, 3.63) is 70.0 Å². The van der Waals surface area contributed by atoms with E-state index >= 15 is 0 Å². The van der Waals surface area contributed by atoms with Gasteiger partial charge in [-0.3, -0.25) is 9.78 Å². The van der Waals surface area contributed by atoms with Crippen LogP contribution in [-0.4, -0.2) is 24.0 Å². The fourth-order valence-corrected chi connectivity index (χ4v) is 3.18. The molecule has 0 spiro atoms. The van der Waals surface area contributed by atoms with Crippen LogP contribution in [0.3, 0.4) is 0 Å². The molecule has 0 radical (unpaired) electrons. The Kier molecular flexibility index (Phi) is 4.90. The minimum absolute atomic E-state index is 0.312. The number of ether oxygens (including phenoxy) is 1. The number of carbonyl (C=O) groups excluding carboxylic acids is 2. The molecule has 3 rings (SSSR count). The van der Waals surface area contributed by atoms with Gasteiger partial charge in [-0.25, -0.2) is 4.79 Å². The van der Waals surface area contributed by atoms with Crippen LogP contribution in [0.1, 0.15) is 25.7 Å². The van der Waals surface area contributed by atoms with Crippen LogP contribution in [0.4, 0.5) is 5.69 Å². The van der Waals surface area contributed by atoms with E-state index in [1.165, 1.54) is 18.4 Å². The Balaban J connectivity index is 1.84. The van der Waals surface area contributed by atoms with E-state index in [0.29, 0.717) is 21.8 Å². The van der Waals surface area contributed by atoms with Crippen molar-refractivity contribution in [1.29, 1.82) is 0 Å². The SMILES string of the molecule is COC(=O)c1sccc1NC(=O)c1ccc(-c2ccccc2)nc1C. The molecule has 2 aromatic heterocycles. The lowest BCUT2D eigenvalue weighted by Crippen LogP contribution is -2.15. The summed E-state index contributed by atoms with van der Waals surface area (Å²) in [7, 11) is 1.31. The Bertz CT molecular complexity index is 919. The molecular formula is C19H16N2O3S. The Morgan fingerprint density at radius 1 is 1.08 bits per heavy atom. The smallest absolute Gasteiger partial charge is 0.350 e. The van der Waals surface area contributed by atoms with E-state index in [2.05, 4.69) is 10.3 Å². The van der Waals surface area contributed by atoms with Gasteiger partial charge in [0.1, 0.15) is 4.88 Å². The number of rotatable bonds is 4. The van der Waals surface area contributed by atoms with Crippen LogP contribution in [0.15, 0.2) is 53.9 Å². The van der Waals surface area contributed by atoms with Crippen LogP contribution >= 0.6 is 11.3 Å².